The molecule has 2 atom stereocenters. The molecule has 1 fully saturated rings. The number of nitrogen functional groups attached to an aromatic ring is 1. The third-order valence-corrected chi connectivity index (χ3v) is 4.01. The fraction of sp³-hybridized carbons (Fsp3) is 0.733. The Bertz CT molecular complexity index is 498. The number of rotatable bonds is 4. The maximum absolute atomic E-state index is 5.60. The van der Waals surface area contributed by atoms with E-state index in [0.717, 1.165) is 36.5 Å². The summed E-state index contributed by atoms with van der Waals surface area (Å²) < 4.78 is 5.43. The molecular weight excluding hydrogens is 266 g/mol. The lowest BCUT2D eigenvalue weighted by Gasteiger charge is -2.22. The summed E-state index contributed by atoms with van der Waals surface area (Å²) in [5, 5.41) is 3.53. The van der Waals surface area contributed by atoms with E-state index in [9.17, 15) is 0 Å². The van der Waals surface area contributed by atoms with Crippen molar-refractivity contribution in [2.24, 2.45) is 5.84 Å². The Labute approximate surface area is 126 Å². The Morgan fingerprint density at radius 1 is 1.19 bits per heavy atom. The molecule has 1 aromatic heterocycles. The monoisotopic (exact) mass is 293 g/mol. The normalized spacial score (nSPS) is 22.4. The Morgan fingerprint density at radius 2 is 1.86 bits per heavy atom. The number of nitrogens with two attached hydrogens (primary N) is 1. The largest absolute Gasteiger partial charge is 0.381 e. The van der Waals surface area contributed by atoms with Crippen molar-refractivity contribution in [3.05, 3.63) is 11.4 Å². The Morgan fingerprint density at radius 3 is 2.38 bits per heavy atom. The van der Waals surface area contributed by atoms with Gasteiger partial charge in [0.1, 0.15) is 17.5 Å². The molecule has 1 aliphatic rings. The van der Waals surface area contributed by atoms with E-state index in [0.29, 0.717) is 18.0 Å². The molecule has 0 aromatic carbocycles. The Kier molecular flexibility index (Phi) is 4.68. The van der Waals surface area contributed by atoms with Crippen LogP contribution in [0.5, 0.6) is 0 Å². The highest BCUT2D eigenvalue weighted by Gasteiger charge is 2.27. The molecule has 4 N–H and O–H groups in total. The first-order chi connectivity index (χ1) is 9.85. The van der Waals surface area contributed by atoms with Crippen LogP contribution in [0.25, 0.3) is 0 Å². The second-order valence-electron chi connectivity index (χ2n) is 6.78. The second-order valence-corrected chi connectivity index (χ2v) is 6.78. The lowest BCUT2D eigenvalue weighted by atomic mass is 9.95. The fourth-order valence-electron chi connectivity index (χ4n) is 2.61. The van der Waals surface area contributed by atoms with Crippen molar-refractivity contribution in [3.8, 4) is 0 Å². The summed E-state index contributed by atoms with van der Waals surface area (Å²) in [5.74, 6) is 7.92. The molecule has 0 bridgehead atoms. The third kappa shape index (κ3) is 3.63. The molecule has 118 valence electrons. The summed E-state index contributed by atoms with van der Waals surface area (Å²) in [7, 11) is 1.77. The summed E-state index contributed by atoms with van der Waals surface area (Å²) in [4.78, 5) is 9.22. The molecule has 2 rings (SSSR count). The minimum atomic E-state index is -0.125. The third-order valence-electron chi connectivity index (χ3n) is 4.01. The van der Waals surface area contributed by atoms with Crippen molar-refractivity contribution >= 4 is 11.6 Å². The molecule has 1 heterocycles. The number of methoxy groups -OCH3 is 1. The smallest absolute Gasteiger partial charge is 0.148 e. The maximum Gasteiger partial charge on any atom is 0.148 e. The van der Waals surface area contributed by atoms with Gasteiger partial charge in [0.05, 0.1) is 6.10 Å². The summed E-state index contributed by atoms with van der Waals surface area (Å²) in [6.45, 7) is 8.27. The number of hydrazine groups is 1. The summed E-state index contributed by atoms with van der Waals surface area (Å²) in [6, 6.07) is 0.391. The van der Waals surface area contributed by atoms with Crippen LogP contribution >= 0.6 is 0 Å². The zero-order valence-electron chi connectivity index (χ0n) is 13.7. The molecule has 6 nitrogen and oxygen atoms in total. The molecular formula is C15H27N5O. The van der Waals surface area contributed by atoms with Gasteiger partial charge in [-0.15, -0.1) is 0 Å². The van der Waals surface area contributed by atoms with Gasteiger partial charge in [-0.1, -0.05) is 20.8 Å². The van der Waals surface area contributed by atoms with Crippen molar-refractivity contribution in [2.45, 2.75) is 64.5 Å². The first kappa shape index (κ1) is 16.0. The summed E-state index contributed by atoms with van der Waals surface area (Å²) >= 11 is 0. The van der Waals surface area contributed by atoms with Crippen LogP contribution < -0.4 is 16.6 Å². The number of hydrogen-bond acceptors (Lipinski definition) is 6. The first-order valence-corrected chi connectivity index (χ1v) is 7.50. The minimum Gasteiger partial charge on any atom is -0.381 e. The van der Waals surface area contributed by atoms with Crippen molar-refractivity contribution in [2.75, 3.05) is 17.9 Å². The molecule has 1 aromatic rings. The van der Waals surface area contributed by atoms with Crippen molar-refractivity contribution in [1.82, 2.24) is 9.97 Å². The predicted molar refractivity (Wildman–Crippen MR) is 85.3 cm³/mol. The van der Waals surface area contributed by atoms with Gasteiger partial charge in [-0.25, -0.2) is 15.8 Å². The molecule has 0 aliphatic heterocycles. The average Bonchev–Trinajstić information content (AvgIpc) is 2.87. The zero-order chi connectivity index (χ0) is 15.6. The van der Waals surface area contributed by atoms with E-state index < -0.39 is 0 Å². The second kappa shape index (κ2) is 6.15. The van der Waals surface area contributed by atoms with Gasteiger partial charge in [0, 0.05) is 24.1 Å². The van der Waals surface area contributed by atoms with Crippen molar-refractivity contribution < 1.29 is 4.74 Å². The van der Waals surface area contributed by atoms with Gasteiger partial charge in [0.25, 0.3) is 0 Å². The van der Waals surface area contributed by atoms with Crippen LogP contribution in [0.4, 0.5) is 11.6 Å². The van der Waals surface area contributed by atoms with Gasteiger partial charge in [0.2, 0.25) is 0 Å². The maximum atomic E-state index is 5.60. The topological polar surface area (TPSA) is 85.1 Å². The van der Waals surface area contributed by atoms with Gasteiger partial charge < -0.3 is 15.5 Å². The molecule has 0 saturated heterocycles. The summed E-state index contributed by atoms with van der Waals surface area (Å²) in [5.41, 5.74) is 3.50. The Hall–Kier alpha value is -1.40. The highest BCUT2D eigenvalue weighted by atomic mass is 16.5. The molecule has 6 heteroatoms. The van der Waals surface area contributed by atoms with Crippen LogP contribution in [-0.2, 0) is 10.2 Å². The zero-order valence-corrected chi connectivity index (χ0v) is 13.7. The van der Waals surface area contributed by atoms with Crippen LogP contribution in [0.1, 0.15) is 51.4 Å². The standard InChI is InChI=1S/C15H27N5O/c1-9-12(17-10-6-7-11(8-10)21-5)18-14(15(2,3)4)19-13(9)20-16/h10-11H,6-8,16H2,1-5H3,(H2,17,18,19,20). The minimum absolute atomic E-state index is 0.125. The van der Waals surface area contributed by atoms with E-state index in [1.54, 1.807) is 7.11 Å². The average molecular weight is 293 g/mol. The molecule has 1 aliphatic carbocycles. The van der Waals surface area contributed by atoms with Crippen LogP contribution in [0.15, 0.2) is 0 Å². The summed E-state index contributed by atoms with van der Waals surface area (Å²) in [6.07, 6.45) is 3.54. The molecule has 2 unspecified atom stereocenters. The Balaban J connectivity index is 2.26. The van der Waals surface area contributed by atoms with Crippen LogP contribution in [0.3, 0.4) is 0 Å². The van der Waals surface area contributed by atoms with Gasteiger partial charge in [-0.05, 0) is 26.2 Å². The molecule has 0 spiro atoms. The number of aromatic nitrogens is 2. The van der Waals surface area contributed by atoms with E-state index in [1.165, 1.54) is 0 Å². The number of nitrogens with one attached hydrogen (secondary N) is 2. The van der Waals surface area contributed by atoms with Crippen molar-refractivity contribution in [3.63, 3.8) is 0 Å². The lowest BCUT2D eigenvalue weighted by Crippen LogP contribution is -2.24. The fourth-order valence-corrected chi connectivity index (χ4v) is 2.61. The van der Waals surface area contributed by atoms with Crippen LogP contribution in [0.2, 0.25) is 0 Å². The first-order valence-electron chi connectivity index (χ1n) is 7.50. The van der Waals surface area contributed by atoms with Crippen molar-refractivity contribution in [1.29, 1.82) is 0 Å². The molecule has 0 radical (unpaired) electrons. The number of ether oxygens (including phenoxy) is 1. The van der Waals surface area contributed by atoms with Crippen LogP contribution in [0, 0.1) is 6.92 Å². The molecule has 1 saturated carbocycles. The molecule has 0 amide bonds. The van der Waals surface area contributed by atoms with E-state index in [1.807, 2.05) is 6.92 Å². The lowest BCUT2D eigenvalue weighted by molar-refractivity contribution is 0.108. The van der Waals surface area contributed by atoms with Gasteiger partial charge in [-0.2, -0.15) is 0 Å². The quantitative estimate of drug-likeness (QED) is 0.583. The van der Waals surface area contributed by atoms with Gasteiger partial charge in [-0.3, -0.25) is 0 Å². The van der Waals surface area contributed by atoms with E-state index >= 15 is 0 Å². The van der Waals surface area contributed by atoms with E-state index in [4.69, 9.17) is 15.6 Å². The van der Waals surface area contributed by atoms with E-state index in [-0.39, 0.29) is 5.41 Å². The highest BCUT2D eigenvalue weighted by Crippen LogP contribution is 2.29. The van der Waals surface area contributed by atoms with E-state index in [2.05, 4.69) is 36.5 Å². The molecule has 21 heavy (non-hydrogen) atoms. The number of hydrogen-bond donors (Lipinski definition) is 3. The van der Waals surface area contributed by atoms with Gasteiger partial charge >= 0.3 is 0 Å². The number of nitrogens with zero attached hydrogens (tertiary/aromatic N) is 2. The predicted octanol–water partition coefficient (Wildman–Crippen LogP) is 2.35. The van der Waals surface area contributed by atoms with Gasteiger partial charge in [0.15, 0.2) is 0 Å². The highest BCUT2D eigenvalue weighted by molar-refractivity contribution is 5.57. The SMILES string of the molecule is COC1CCC(Nc2nc(C(C)(C)C)nc(NN)c2C)C1. The van der Waals surface area contributed by atoms with Crippen LogP contribution in [-0.4, -0.2) is 29.2 Å². The number of anilines is 2.